The average Bonchev–Trinajstić information content (AvgIpc) is 3.01. The number of aromatic nitrogens is 2. The van der Waals surface area contributed by atoms with Crippen LogP contribution in [0.5, 0.6) is 11.5 Å². The highest BCUT2D eigenvalue weighted by atomic mass is 35.5. The van der Waals surface area contributed by atoms with Crippen molar-refractivity contribution in [2.24, 2.45) is 0 Å². The Kier molecular flexibility index (Phi) is 7.12. The molecule has 0 fully saturated rings. The quantitative estimate of drug-likeness (QED) is 0.540. The molecular weight excluding hydrogens is 428 g/mol. The molecule has 0 saturated heterocycles. The molecular formula is C22H22ClF2N3O3. The van der Waals surface area contributed by atoms with Crippen LogP contribution in [0.2, 0.25) is 5.02 Å². The Balaban J connectivity index is 1.60. The summed E-state index contributed by atoms with van der Waals surface area (Å²) in [7, 11) is 1.38. The molecule has 1 N–H and O–H groups in total. The lowest BCUT2D eigenvalue weighted by atomic mass is 10.1. The van der Waals surface area contributed by atoms with Gasteiger partial charge in [0.1, 0.15) is 0 Å². The standard InChI is InChI=1S/C22H22ClF2N3O3/c1-13-20(23)14(2)28(27-13)17-7-5-16(6-8-17)21(29)26-11-10-15-4-9-18(30-3)19(12-15)31-22(24)25/h4-9,12,22H,10-11H2,1-3H3,(H,26,29). The minimum Gasteiger partial charge on any atom is -0.493 e. The van der Waals surface area contributed by atoms with Crippen molar-refractivity contribution in [1.29, 1.82) is 0 Å². The summed E-state index contributed by atoms with van der Waals surface area (Å²) in [5.74, 6) is -0.0613. The third-order valence-corrected chi connectivity index (χ3v) is 5.27. The van der Waals surface area contributed by atoms with E-state index in [4.69, 9.17) is 16.3 Å². The van der Waals surface area contributed by atoms with E-state index in [1.165, 1.54) is 13.2 Å². The van der Waals surface area contributed by atoms with Crippen LogP contribution in [0.25, 0.3) is 5.69 Å². The van der Waals surface area contributed by atoms with Gasteiger partial charge >= 0.3 is 6.61 Å². The zero-order valence-electron chi connectivity index (χ0n) is 17.3. The average molecular weight is 450 g/mol. The van der Waals surface area contributed by atoms with Gasteiger partial charge in [-0.25, -0.2) is 4.68 Å². The van der Waals surface area contributed by atoms with Gasteiger partial charge in [-0.05, 0) is 62.2 Å². The van der Waals surface area contributed by atoms with Crippen molar-refractivity contribution in [2.75, 3.05) is 13.7 Å². The topological polar surface area (TPSA) is 65.4 Å². The van der Waals surface area contributed by atoms with Gasteiger partial charge in [0.25, 0.3) is 5.91 Å². The van der Waals surface area contributed by atoms with Gasteiger partial charge in [0, 0.05) is 12.1 Å². The normalized spacial score (nSPS) is 10.9. The number of carbonyl (C=O) groups is 1. The maximum absolute atomic E-state index is 12.5. The van der Waals surface area contributed by atoms with Crippen LogP contribution in [0.15, 0.2) is 42.5 Å². The molecule has 31 heavy (non-hydrogen) atoms. The van der Waals surface area contributed by atoms with Crippen LogP contribution in [0.4, 0.5) is 8.78 Å². The van der Waals surface area contributed by atoms with Crippen LogP contribution in [0.1, 0.15) is 27.3 Å². The highest BCUT2D eigenvalue weighted by molar-refractivity contribution is 6.31. The lowest BCUT2D eigenvalue weighted by molar-refractivity contribution is -0.0512. The number of benzene rings is 2. The van der Waals surface area contributed by atoms with Crippen LogP contribution in [0.3, 0.4) is 0 Å². The number of methoxy groups -OCH3 is 1. The lowest BCUT2D eigenvalue weighted by Gasteiger charge is -2.12. The lowest BCUT2D eigenvalue weighted by Crippen LogP contribution is -2.25. The van der Waals surface area contributed by atoms with Gasteiger partial charge in [-0.2, -0.15) is 13.9 Å². The van der Waals surface area contributed by atoms with Crippen molar-refractivity contribution in [1.82, 2.24) is 15.1 Å². The maximum atomic E-state index is 12.5. The molecule has 164 valence electrons. The fraction of sp³-hybridized carbons (Fsp3) is 0.273. The van der Waals surface area contributed by atoms with Crippen molar-refractivity contribution in [3.05, 3.63) is 70.0 Å². The molecule has 0 aliphatic heterocycles. The highest BCUT2D eigenvalue weighted by Crippen LogP contribution is 2.29. The molecule has 3 rings (SSSR count). The van der Waals surface area contributed by atoms with Crippen molar-refractivity contribution >= 4 is 17.5 Å². The number of rotatable bonds is 8. The first-order valence-electron chi connectivity index (χ1n) is 9.52. The molecule has 0 aliphatic rings. The van der Waals surface area contributed by atoms with Gasteiger partial charge in [0.05, 0.1) is 29.2 Å². The molecule has 0 spiro atoms. The molecule has 6 nitrogen and oxygen atoms in total. The summed E-state index contributed by atoms with van der Waals surface area (Å²) in [5, 5.41) is 7.82. The van der Waals surface area contributed by atoms with Gasteiger partial charge in [-0.3, -0.25) is 4.79 Å². The summed E-state index contributed by atoms with van der Waals surface area (Å²) in [4.78, 5) is 12.4. The second kappa shape index (κ2) is 9.78. The smallest absolute Gasteiger partial charge is 0.387 e. The van der Waals surface area contributed by atoms with Crippen LogP contribution in [-0.2, 0) is 6.42 Å². The van der Waals surface area contributed by atoms with Crippen LogP contribution < -0.4 is 14.8 Å². The molecule has 1 aromatic heterocycles. The molecule has 0 unspecified atom stereocenters. The Hall–Kier alpha value is -3.13. The molecule has 0 radical (unpaired) electrons. The van der Waals surface area contributed by atoms with E-state index >= 15 is 0 Å². The predicted octanol–water partition coefficient (Wildman–Crippen LogP) is 4.73. The van der Waals surface area contributed by atoms with Gasteiger partial charge in [-0.1, -0.05) is 17.7 Å². The van der Waals surface area contributed by atoms with E-state index in [9.17, 15) is 13.6 Å². The molecule has 1 amide bonds. The molecule has 1 heterocycles. The summed E-state index contributed by atoms with van der Waals surface area (Å²) in [5.41, 5.74) is 3.59. The number of ether oxygens (including phenoxy) is 2. The zero-order valence-corrected chi connectivity index (χ0v) is 18.0. The van der Waals surface area contributed by atoms with Gasteiger partial charge < -0.3 is 14.8 Å². The largest absolute Gasteiger partial charge is 0.493 e. The highest BCUT2D eigenvalue weighted by Gasteiger charge is 2.13. The van der Waals surface area contributed by atoms with Crippen molar-refractivity contribution in [3.63, 3.8) is 0 Å². The molecule has 0 atom stereocenters. The Labute approximate surface area is 183 Å². The number of hydrogen-bond donors (Lipinski definition) is 1. The molecule has 3 aromatic rings. The van der Waals surface area contributed by atoms with Crippen LogP contribution >= 0.6 is 11.6 Å². The van der Waals surface area contributed by atoms with E-state index in [2.05, 4.69) is 15.2 Å². The SMILES string of the molecule is COc1ccc(CCNC(=O)c2ccc(-n3nc(C)c(Cl)c3C)cc2)cc1OC(F)F. The predicted molar refractivity (Wildman–Crippen MR) is 114 cm³/mol. The number of hydrogen-bond acceptors (Lipinski definition) is 4. The van der Waals surface area contributed by atoms with Gasteiger partial charge in [0.2, 0.25) is 0 Å². The first kappa shape index (κ1) is 22.6. The van der Waals surface area contributed by atoms with Gasteiger partial charge in [0.15, 0.2) is 11.5 Å². The van der Waals surface area contributed by atoms with E-state index < -0.39 is 6.61 Å². The molecule has 2 aromatic carbocycles. The number of nitrogens with zero attached hydrogens (tertiary/aromatic N) is 2. The molecule has 0 bridgehead atoms. The second-order valence-corrected chi connectivity index (χ2v) is 7.19. The monoisotopic (exact) mass is 449 g/mol. The Morgan fingerprint density at radius 2 is 1.87 bits per heavy atom. The third kappa shape index (κ3) is 5.32. The van der Waals surface area contributed by atoms with E-state index in [0.717, 1.165) is 22.6 Å². The summed E-state index contributed by atoms with van der Waals surface area (Å²) in [6.07, 6.45) is 0.442. The van der Waals surface area contributed by atoms with Crippen LogP contribution in [0, 0.1) is 13.8 Å². The molecule has 9 heteroatoms. The van der Waals surface area contributed by atoms with E-state index in [1.54, 1.807) is 41.1 Å². The second-order valence-electron chi connectivity index (χ2n) is 6.81. The maximum Gasteiger partial charge on any atom is 0.387 e. The number of aryl methyl sites for hydroxylation is 1. The number of alkyl halides is 2. The number of halogens is 3. The van der Waals surface area contributed by atoms with E-state index in [1.807, 2.05) is 13.8 Å². The van der Waals surface area contributed by atoms with E-state index in [-0.39, 0.29) is 17.4 Å². The third-order valence-electron chi connectivity index (χ3n) is 4.72. The van der Waals surface area contributed by atoms with Crippen molar-refractivity contribution in [2.45, 2.75) is 26.9 Å². The number of amides is 1. The Morgan fingerprint density at radius 1 is 1.16 bits per heavy atom. The van der Waals surface area contributed by atoms with Crippen molar-refractivity contribution < 1.29 is 23.0 Å². The summed E-state index contributed by atoms with van der Waals surface area (Å²) in [6, 6.07) is 11.8. The number of nitrogens with one attached hydrogen (secondary N) is 1. The van der Waals surface area contributed by atoms with E-state index in [0.29, 0.717) is 23.6 Å². The van der Waals surface area contributed by atoms with Crippen molar-refractivity contribution in [3.8, 4) is 17.2 Å². The first-order valence-corrected chi connectivity index (χ1v) is 9.90. The van der Waals surface area contributed by atoms with Crippen LogP contribution in [-0.4, -0.2) is 36.0 Å². The fourth-order valence-corrected chi connectivity index (χ4v) is 3.23. The molecule has 0 aliphatic carbocycles. The minimum absolute atomic E-state index is 0.0406. The molecule has 0 saturated carbocycles. The summed E-state index contributed by atoms with van der Waals surface area (Å²) in [6.45, 7) is 1.09. The summed E-state index contributed by atoms with van der Waals surface area (Å²) >= 11 is 6.19. The Bertz CT molecular complexity index is 1070. The minimum atomic E-state index is -2.95. The zero-order chi connectivity index (χ0) is 22.5. The summed E-state index contributed by atoms with van der Waals surface area (Å²) < 4.78 is 36.3. The van der Waals surface area contributed by atoms with Gasteiger partial charge in [-0.15, -0.1) is 0 Å². The number of carbonyl (C=O) groups excluding carboxylic acids is 1. The first-order chi connectivity index (χ1) is 14.8. The fourth-order valence-electron chi connectivity index (χ4n) is 3.12. The Morgan fingerprint density at radius 3 is 2.45 bits per heavy atom.